The highest BCUT2D eigenvalue weighted by Gasteiger charge is 2.23. The van der Waals surface area contributed by atoms with E-state index in [2.05, 4.69) is 56.2 Å². The summed E-state index contributed by atoms with van der Waals surface area (Å²) in [5, 5.41) is 13.8. The van der Waals surface area contributed by atoms with Gasteiger partial charge in [-0.2, -0.15) is 11.3 Å². The van der Waals surface area contributed by atoms with Gasteiger partial charge in [0.2, 0.25) is 11.9 Å². The van der Waals surface area contributed by atoms with Crippen LogP contribution in [0.15, 0.2) is 46.2 Å². The monoisotopic (exact) mass is 457 g/mol. The summed E-state index contributed by atoms with van der Waals surface area (Å²) in [6.45, 7) is 5.67. The first kappa shape index (κ1) is 21.9. The van der Waals surface area contributed by atoms with E-state index in [-0.39, 0.29) is 5.91 Å². The molecule has 0 N–H and O–H groups in total. The molecule has 3 aromatic rings. The quantitative estimate of drug-likeness (QED) is 0.483. The molecule has 1 amide bonds. The normalized spacial score (nSPS) is 14.1. The summed E-state index contributed by atoms with van der Waals surface area (Å²) >= 11 is 3.08. The molecule has 1 fully saturated rings. The summed E-state index contributed by atoms with van der Waals surface area (Å²) in [7, 11) is 1.84. The van der Waals surface area contributed by atoms with Crippen LogP contribution in [0.3, 0.4) is 0 Å². The van der Waals surface area contributed by atoms with Crippen molar-refractivity contribution in [3.05, 3.63) is 52.2 Å². The molecule has 1 aromatic carbocycles. The lowest BCUT2D eigenvalue weighted by Crippen LogP contribution is -2.37. The number of thioether (sulfide) groups is 1. The van der Waals surface area contributed by atoms with Crippen molar-refractivity contribution in [2.45, 2.75) is 25.0 Å². The number of benzene rings is 1. The topological polar surface area (TPSA) is 63.5 Å². The minimum Gasteiger partial charge on any atom is -0.378 e. The Hall–Kier alpha value is -2.36. The van der Waals surface area contributed by atoms with E-state index in [1.807, 2.05) is 18.5 Å². The highest BCUT2D eigenvalue weighted by molar-refractivity contribution is 7.99. The van der Waals surface area contributed by atoms with Crippen molar-refractivity contribution in [1.29, 1.82) is 0 Å². The Labute approximate surface area is 191 Å². The molecule has 31 heavy (non-hydrogen) atoms. The fraction of sp³-hybridized carbons (Fsp3) is 0.409. The number of anilines is 1. The largest absolute Gasteiger partial charge is 0.378 e. The third kappa shape index (κ3) is 5.28. The van der Waals surface area contributed by atoms with Crippen molar-refractivity contribution >= 4 is 35.0 Å². The lowest BCUT2D eigenvalue weighted by Gasteiger charge is -2.28. The number of aromatic nitrogens is 3. The molecule has 7 nitrogen and oxygen atoms in total. The van der Waals surface area contributed by atoms with Crippen LogP contribution < -0.4 is 4.90 Å². The molecule has 1 saturated heterocycles. The number of hydrogen-bond acceptors (Lipinski definition) is 7. The number of nitrogens with zero attached hydrogens (tertiary/aromatic N) is 5. The Morgan fingerprint density at radius 3 is 2.81 bits per heavy atom. The predicted octanol–water partition coefficient (Wildman–Crippen LogP) is 3.48. The molecule has 2 aromatic heterocycles. The van der Waals surface area contributed by atoms with E-state index >= 15 is 0 Å². The van der Waals surface area contributed by atoms with Gasteiger partial charge in [0.15, 0.2) is 5.16 Å². The number of hydrogen-bond donors (Lipinski definition) is 0. The standard InChI is InChI=1S/C22H27N5O2S2/c1-3-17-5-4-6-19(13-17)27-21(26-8-10-29-11-9-26)23-24-22(27)31-16-20(28)25(2)14-18-7-12-30-15-18/h4-7,12-13,15H,3,8-11,14,16H2,1-2H3. The van der Waals surface area contributed by atoms with Gasteiger partial charge in [0.25, 0.3) is 0 Å². The van der Waals surface area contributed by atoms with E-state index in [0.29, 0.717) is 25.5 Å². The van der Waals surface area contributed by atoms with E-state index in [1.54, 1.807) is 16.2 Å². The molecule has 0 spiro atoms. The summed E-state index contributed by atoms with van der Waals surface area (Å²) in [6.07, 6.45) is 0.956. The van der Waals surface area contributed by atoms with Gasteiger partial charge in [-0.15, -0.1) is 10.2 Å². The van der Waals surface area contributed by atoms with Gasteiger partial charge in [-0.3, -0.25) is 9.36 Å². The molecule has 1 aliphatic rings. The molecule has 9 heteroatoms. The first-order valence-corrected chi connectivity index (χ1v) is 12.3. The van der Waals surface area contributed by atoms with Crippen LogP contribution in [0.2, 0.25) is 0 Å². The van der Waals surface area contributed by atoms with E-state index in [1.165, 1.54) is 17.3 Å². The number of morpholine rings is 1. The first-order valence-electron chi connectivity index (χ1n) is 10.4. The van der Waals surface area contributed by atoms with Gasteiger partial charge in [-0.05, 0) is 46.5 Å². The molecular weight excluding hydrogens is 430 g/mol. The first-order chi connectivity index (χ1) is 15.2. The fourth-order valence-corrected chi connectivity index (χ4v) is 4.99. The van der Waals surface area contributed by atoms with Crippen LogP contribution in [0.5, 0.6) is 0 Å². The van der Waals surface area contributed by atoms with Gasteiger partial charge in [-0.1, -0.05) is 30.8 Å². The Balaban J connectivity index is 1.55. The van der Waals surface area contributed by atoms with Crippen LogP contribution >= 0.6 is 23.1 Å². The van der Waals surface area contributed by atoms with Crippen LogP contribution in [0.1, 0.15) is 18.1 Å². The van der Waals surface area contributed by atoms with Gasteiger partial charge in [-0.25, -0.2) is 0 Å². The molecule has 0 saturated carbocycles. The van der Waals surface area contributed by atoms with Crippen LogP contribution in [-0.2, 0) is 22.5 Å². The Kier molecular flexibility index (Phi) is 7.26. The Morgan fingerprint density at radius 2 is 2.06 bits per heavy atom. The van der Waals surface area contributed by atoms with Crippen molar-refractivity contribution in [3.63, 3.8) is 0 Å². The van der Waals surface area contributed by atoms with Gasteiger partial charge < -0.3 is 14.5 Å². The smallest absolute Gasteiger partial charge is 0.233 e. The van der Waals surface area contributed by atoms with Gasteiger partial charge in [0.05, 0.1) is 24.7 Å². The molecule has 4 rings (SSSR count). The summed E-state index contributed by atoms with van der Waals surface area (Å²) in [5.41, 5.74) is 3.43. The zero-order chi connectivity index (χ0) is 21.6. The van der Waals surface area contributed by atoms with Crippen molar-refractivity contribution in [3.8, 4) is 5.69 Å². The lowest BCUT2D eigenvalue weighted by atomic mass is 10.1. The van der Waals surface area contributed by atoms with Crippen LogP contribution in [0.4, 0.5) is 5.95 Å². The Bertz CT molecular complexity index is 999. The molecule has 0 bridgehead atoms. The summed E-state index contributed by atoms with van der Waals surface area (Å²) < 4.78 is 7.58. The number of amides is 1. The van der Waals surface area contributed by atoms with Crippen LogP contribution in [0.25, 0.3) is 5.69 Å². The van der Waals surface area contributed by atoms with Gasteiger partial charge >= 0.3 is 0 Å². The fourth-order valence-electron chi connectivity index (χ4n) is 3.45. The second kappa shape index (κ2) is 10.3. The number of ether oxygens (including phenoxy) is 1. The second-order valence-corrected chi connectivity index (χ2v) is 9.13. The number of aryl methyl sites for hydroxylation is 1. The molecule has 0 atom stereocenters. The average molecular weight is 458 g/mol. The number of thiophene rings is 1. The average Bonchev–Trinajstić information content (AvgIpc) is 3.48. The zero-order valence-corrected chi connectivity index (χ0v) is 19.5. The van der Waals surface area contributed by atoms with Crippen molar-refractivity contribution in [2.24, 2.45) is 0 Å². The molecular formula is C22H27N5O2S2. The third-order valence-electron chi connectivity index (χ3n) is 5.24. The van der Waals surface area contributed by atoms with E-state index in [9.17, 15) is 4.79 Å². The van der Waals surface area contributed by atoms with Crippen molar-refractivity contribution < 1.29 is 9.53 Å². The molecule has 3 heterocycles. The molecule has 0 aliphatic carbocycles. The van der Waals surface area contributed by atoms with Crippen LogP contribution in [0, 0.1) is 0 Å². The number of carbonyl (C=O) groups excluding carboxylic acids is 1. The highest BCUT2D eigenvalue weighted by atomic mass is 32.2. The summed E-state index contributed by atoms with van der Waals surface area (Å²) in [4.78, 5) is 16.7. The zero-order valence-electron chi connectivity index (χ0n) is 17.9. The van der Waals surface area contributed by atoms with Crippen LogP contribution in [-0.4, -0.2) is 64.7 Å². The Morgan fingerprint density at radius 1 is 1.23 bits per heavy atom. The molecule has 164 valence electrons. The van der Waals surface area contributed by atoms with E-state index in [0.717, 1.165) is 41.9 Å². The minimum atomic E-state index is 0.0704. The second-order valence-electron chi connectivity index (χ2n) is 7.41. The maximum Gasteiger partial charge on any atom is 0.233 e. The molecule has 0 unspecified atom stereocenters. The summed E-state index contributed by atoms with van der Waals surface area (Å²) in [5.74, 6) is 1.19. The predicted molar refractivity (Wildman–Crippen MR) is 125 cm³/mol. The SMILES string of the molecule is CCc1cccc(-n2c(SCC(=O)N(C)Cc3ccsc3)nnc2N2CCOCC2)c1. The number of carbonyl (C=O) groups is 1. The molecule has 1 aliphatic heterocycles. The van der Waals surface area contributed by atoms with E-state index < -0.39 is 0 Å². The lowest BCUT2D eigenvalue weighted by molar-refractivity contribution is -0.127. The maximum atomic E-state index is 12.7. The van der Waals surface area contributed by atoms with Crippen molar-refractivity contribution in [1.82, 2.24) is 19.7 Å². The third-order valence-corrected chi connectivity index (χ3v) is 6.88. The highest BCUT2D eigenvalue weighted by Crippen LogP contribution is 2.28. The summed E-state index contributed by atoms with van der Waals surface area (Å²) in [6, 6.07) is 10.5. The maximum absolute atomic E-state index is 12.7. The van der Waals surface area contributed by atoms with E-state index in [4.69, 9.17) is 4.74 Å². The van der Waals surface area contributed by atoms with Crippen molar-refractivity contribution in [2.75, 3.05) is 44.0 Å². The van der Waals surface area contributed by atoms with Gasteiger partial charge in [0, 0.05) is 26.7 Å². The van der Waals surface area contributed by atoms with Gasteiger partial charge in [0.1, 0.15) is 0 Å². The molecule has 0 radical (unpaired) electrons. The minimum absolute atomic E-state index is 0.0704. The number of rotatable bonds is 8.